The Balaban J connectivity index is 2.00. The fraction of sp³-hybridized carbons (Fsp3) is 0.818. The van der Waals surface area contributed by atoms with Crippen molar-refractivity contribution in [3.05, 3.63) is 11.9 Å². The normalized spacial score (nSPS) is 12.8. The minimum atomic E-state index is -0.589. The Bertz CT molecular complexity index is 317. The van der Waals surface area contributed by atoms with Gasteiger partial charge in [0.2, 0.25) is 0 Å². The molecule has 104 valence electrons. The highest BCUT2D eigenvalue weighted by molar-refractivity contribution is 4.95. The van der Waals surface area contributed by atoms with Crippen molar-refractivity contribution >= 4 is 0 Å². The fourth-order valence-corrected chi connectivity index (χ4v) is 1.24. The maximum absolute atomic E-state index is 9.28. The van der Waals surface area contributed by atoms with Crippen molar-refractivity contribution in [1.29, 1.82) is 0 Å². The molecule has 7 nitrogen and oxygen atoms in total. The van der Waals surface area contributed by atoms with Crippen LogP contribution >= 0.6 is 0 Å². The molecule has 1 unspecified atom stereocenters. The zero-order valence-electron chi connectivity index (χ0n) is 10.9. The van der Waals surface area contributed by atoms with Crippen molar-refractivity contribution in [2.45, 2.75) is 19.6 Å². The minimum absolute atomic E-state index is 0.538. The van der Waals surface area contributed by atoms with Gasteiger partial charge in [-0.1, -0.05) is 5.21 Å². The lowest BCUT2D eigenvalue weighted by Gasteiger charge is -2.05. The van der Waals surface area contributed by atoms with Crippen molar-refractivity contribution in [2.24, 2.45) is 0 Å². The largest absolute Gasteiger partial charge is 0.387 e. The van der Waals surface area contributed by atoms with Gasteiger partial charge in [-0.3, -0.25) is 0 Å². The monoisotopic (exact) mass is 259 g/mol. The van der Waals surface area contributed by atoms with Gasteiger partial charge < -0.3 is 19.3 Å². The first-order valence-electron chi connectivity index (χ1n) is 5.96. The second-order valence-corrected chi connectivity index (χ2v) is 3.80. The third-order valence-corrected chi connectivity index (χ3v) is 2.25. The Morgan fingerprint density at radius 3 is 2.50 bits per heavy atom. The van der Waals surface area contributed by atoms with E-state index in [4.69, 9.17) is 14.2 Å². The van der Waals surface area contributed by atoms with Gasteiger partial charge in [-0.15, -0.1) is 5.10 Å². The Hall–Kier alpha value is -1.02. The topological polar surface area (TPSA) is 78.6 Å². The third-order valence-electron chi connectivity index (χ3n) is 2.25. The predicted molar refractivity (Wildman–Crippen MR) is 64.2 cm³/mol. The summed E-state index contributed by atoms with van der Waals surface area (Å²) in [5, 5.41) is 17.0. The number of nitrogens with zero attached hydrogens (tertiary/aromatic N) is 3. The molecule has 0 saturated heterocycles. The van der Waals surface area contributed by atoms with Crippen LogP contribution in [0.3, 0.4) is 0 Å². The average molecular weight is 259 g/mol. The first kappa shape index (κ1) is 15.0. The summed E-state index contributed by atoms with van der Waals surface area (Å²) in [5.41, 5.74) is 0.567. The van der Waals surface area contributed by atoms with Crippen LogP contribution in [0.5, 0.6) is 0 Å². The van der Waals surface area contributed by atoms with Crippen LogP contribution in [0.2, 0.25) is 0 Å². The molecule has 7 heteroatoms. The summed E-state index contributed by atoms with van der Waals surface area (Å²) in [5.74, 6) is 0. The van der Waals surface area contributed by atoms with E-state index in [1.807, 2.05) is 0 Å². The molecule has 18 heavy (non-hydrogen) atoms. The molecule has 1 aromatic heterocycles. The molecule has 0 aromatic carbocycles. The maximum atomic E-state index is 9.28. The zero-order valence-corrected chi connectivity index (χ0v) is 10.9. The summed E-state index contributed by atoms with van der Waals surface area (Å²) in [6.07, 6.45) is 1.12. The number of aromatic nitrogens is 3. The van der Waals surface area contributed by atoms with Crippen molar-refractivity contribution in [3.63, 3.8) is 0 Å². The van der Waals surface area contributed by atoms with Crippen LogP contribution in [0.25, 0.3) is 0 Å². The van der Waals surface area contributed by atoms with Gasteiger partial charge in [-0.2, -0.15) is 0 Å². The van der Waals surface area contributed by atoms with Crippen LogP contribution in [0, 0.1) is 0 Å². The van der Waals surface area contributed by atoms with E-state index in [1.54, 1.807) is 24.9 Å². The summed E-state index contributed by atoms with van der Waals surface area (Å²) < 4.78 is 17.1. The Kier molecular flexibility index (Phi) is 7.51. The van der Waals surface area contributed by atoms with E-state index in [0.29, 0.717) is 45.3 Å². The number of ether oxygens (including phenoxy) is 3. The van der Waals surface area contributed by atoms with Gasteiger partial charge in [0.15, 0.2) is 0 Å². The van der Waals surface area contributed by atoms with E-state index in [0.717, 1.165) is 0 Å². The van der Waals surface area contributed by atoms with Crippen LogP contribution in [-0.4, -0.2) is 60.2 Å². The molecule has 1 N–H and O–H groups in total. The SMILES string of the molecule is COCCOCCOCCn1cc(C(C)O)nn1. The van der Waals surface area contributed by atoms with Gasteiger partial charge >= 0.3 is 0 Å². The number of aliphatic hydroxyl groups excluding tert-OH is 1. The molecule has 0 aliphatic carbocycles. The summed E-state index contributed by atoms with van der Waals surface area (Å²) in [4.78, 5) is 0. The second kappa shape index (κ2) is 8.98. The van der Waals surface area contributed by atoms with Crippen molar-refractivity contribution in [1.82, 2.24) is 15.0 Å². The van der Waals surface area contributed by atoms with E-state index in [9.17, 15) is 5.11 Å². The Labute approximate surface area is 107 Å². The second-order valence-electron chi connectivity index (χ2n) is 3.80. The van der Waals surface area contributed by atoms with Gasteiger partial charge in [0, 0.05) is 7.11 Å². The molecule has 1 aromatic rings. The van der Waals surface area contributed by atoms with Gasteiger partial charge in [-0.05, 0) is 6.92 Å². The van der Waals surface area contributed by atoms with Crippen molar-refractivity contribution in [3.8, 4) is 0 Å². The number of hydrogen-bond donors (Lipinski definition) is 1. The van der Waals surface area contributed by atoms with Crippen LogP contribution < -0.4 is 0 Å². The van der Waals surface area contributed by atoms with Crippen LogP contribution in [0.15, 0.2) is 6.20 Å². The molecular weight excluding hydrogens is 238 g/mol. The standard InChI is InChI=1S/C11H21N3O4/c1-10(15)11-9-14(13-12-11)3-4-17-7-8-18-6-5-16-2/h9-10,15H,3-8H2,1-2H3. The molecule has 1 rings (SSSR count). The summed E-state index contributed by atoms with van der Waals surface area (Å²) in [7, 11) is 1.64. The zero-order chi connectivity index (χ0) is 13.2. The molecule has 0 saturated carbocycles. The van der Waals surface area contributed by atoms with Gasteiger partial charge in [0.25, 0.3) is 0 Å². The van der Waals surface area contributed by atoms with E-state index in [2.05, 4.69) is 10.3 Å². The highest BCUT2D eigenvalue weighted by atomic mass is 16.5. The molecule has 0 radical (unpaired) electrons. The number of rotatable bonds is 10. The summed E-state index contributed by atoms with van der Waals surface area (Å²) in [6, 6.07) is 0. The average Bonchev–Trinajstić information content (AvgIpc) is 2.81. The highest BCUT2D eigenvalue weighted by Gasteiger charge is 2.05. The smallest absolute Gasteiger partial charge is 0.111 e. The summed E-state index contributed by atoms with van der Waals surface area (Å²) in [6.45, 7) is 5.08. The molecule has 0 aliphatic rings. The lowest BCUT2D eigenvalue weighted by atomic mass is 10.3. The lowest BCUT2D eigenvalue weighted by Crippen LogP contribution is -2.12. The van der Waals surface area contributed by atoms with Gasteiger partial charge in [0.05, 0.1) is 51.9 Å². The number of methoxy groups -OCH3 is 1. The predicted octanol–water partition coefficient (Wildman–Crippen LogP) is 0.0110. The molecule has 0 bridgehead atoms. The molecule has 0 fully saturated rings. The van der Waals surface area contributed by atoms with Gasteiger partial charge in [0.1, 0.15) is 5.69 Å². The van der Waals surface area contributed by atoms with Crippen molar-refractivity contribution < 1.29 is 19.3 Å². The lowest BCUT2D eigenvalue weighted by molar-refractivity contribution is 0.0224. The molecule has 0 aliphatic heterocycles. The molecule has 0 amide bonds. The first-order valence-corrected chi connectivity index (χ1v) is 5.96. The van der Waals surface area contributed by atoms with Gasteiger partial charge in [-0.25, -0.2) is 4.68 Å². The Morgan fingerprint density at radius 1 is 1.22 bits per heavy atom. The molecule has 0 spiro atoms. The van der Waals surface area contributed by atoms with E-state index < -0.39 is 6.10 Å². The Morgan fingerprint density at radius 2 is 1.89 bits per heavy atom. The van der Waals surface area contributed by atoms with E-state index >= 15 is 0 Å². The maximum Gasteiger partial charge on any atom is 0.111 e. The minimum Gasteiger partial charge on any atom is -0.387 e. The first-order chi connectivity index (χ1) is 8.74. The number of aliphatic hydroxyl groups is 1. The number of hydrogen-bond acceptors (Lipinski definition) is 6. The highest BCUT2D eigenvalue weighted by Crippen LogP contribution is 2.05. The van der Waals surface area contributed by atoms with Crippen LogP contribution in [0.4, 0.5) is 0 Å². The third kappa shape index (κ3) is 6.06. The van der Waals surface area contributed by atoms with E-state index in [1.165, 1.54) is 0 Å². The molecule has 1 heterocycles. The van der Waals surface area contributed by atoms with Crippen molar-refractivity contribution in [2.75, 3.05) is 40.1 Å². The van der Waals surface area contributed by atoms with E-state index in [-0.39, 0.29) is 0 Å². The summed E-state index contributed by atoms with van der Waals surface area (Å²) >= 11 is 0. The molecule has 1 atom stereocenters. The van der Waals surface area contributed by atoms with Crippen LogP contribution in [0.1, 0.15) is 18.7 Å². The molecular formula is C11H21N3O4. The fourth-order valence-electron chi connectivity index (χ4n) is 1.24. The van der Waals surface area contributed by atoms with Crippen LogP contribution in [-0.2, 0) is 20.8 Å². The quantitative estimate of drug-likeness (QED) is 0.596.